The fourth-order valence-corrected chi connectivity index (χ4v) is 2.73. The summed E-state index contributed by atoms with van der Waals surface area (Å²) in [5.74, 6) is -0.893. The summed E-state index contributed by atoms with van der Waals surface area (Å²) in [6.07, 6.45) is 0. The van der Waals surface area contributed by atoms with Crippen molar-refractivity contribution in [2.75, 3.05) is 25.9 Å². The van der Waals surface area contributed by atoms with Crippen LogP contribution in [-0.2, 0) is 10.0 Å². The summed E-state index contributed by atoms with van der Waals surface area (Å²) in [4.78, 5) is -0.505. The molecular formula is C9H12BrFN2O3S. The maximum absolute atomic E-state index is 13.6. The SMILES string of the molecule is CN(CCO)S(=O)(=O)c1cc(N)c(Br)cc1F. The quantitative estimate of drug-likeness (QED) is 0.801. The van der Waals surface area contributed by atoms with E-state index in [1.807, 2.05) is 0 Å². The Balaban J connectivity index is 3.29. The molecule has 0 spiro atoms. The Kier molecular flexibility index (Phi) is 4.48. The fraction of sp³-hybridized carbons (Fsp3) is 0.333. The number of sulfonamides is 1. The highest BCUT2D eigenvalue weighted by Crippen LogP contribution is 2.27. The summed E-state index contributed by atoms with van der Waals surface area (Å²) in [5, 5.41) is 8.68. The third-order valence-corrected chi connectivity index (χ3v) is 4.71. The zero-order valence-corrected chi connectivity index (χ0v) is 11.4. The van der Waals surface area contributed by atoms with Crippen molar-refractivity contribution in [2.45, 2.75) is 4.90 Å². The first-order chi connectivity index (χ1) is 7.80. The summed E-state index contributed by atoms with van der Waals surface area (Å²) in [6.45, 7) is -0.457. The molecule has 96 valence electrons. The van der Waals surface area contributed by atoms with Gasteiger partial charge in [0, 0.05) is 23.8 Å². The number of likely N-dealkylation sites (N-methyl/N-ethyl adjacent to an activating group) is 1. The predicted molar refractivity (Wildman–Crippen MR) is 65.4 cm³/mol. The molecule has 0 amide bonds. The number of nitrogen functional groups attached to an aromatic ring is 1. The van der Waals surface area contributed by atoms with Crippen LogP contribution in [0.25, 0.3) is 0 Å². The summed E-state index contributed by atoms with van der Waals surface area (Å²) in [5.41, 5.74) is 5.64. The van der Waals surface area contributed by atoms with Crippen LogP contribution in [0.15, 0.2) is 21.5 Å². The van der Waals surface area contributed by atoms with Crippen molar-refractivity contribution in [1.29, 1.82) is 0 Å². The fourth-order valence-electron chi connectivity index (χ4n) is 1.17. The van der Waals surface area contributed by atoms with Crippen molar-refractivity contribution in [1.82, 2.24) is 4.31 Å². The maximum atomic E-state index is 13.6. The van der Waals surface area contributed by atoms with Crippen LogP contribution in [-0.4, -0.2) is 38.0 Å². The molecule has 0 aliphatic rings. The molecule has 0 radical (unpaired) electrons. The molecule has 1 aromatic carbocycles. The number of halogens is 2. The zero-order chi connectivity index (χ0) is 13.2. The number of benzene rings is 1. The van der Waals surface area contributed by atoms with E-state index in [4.69, 9.17) is 10.8 Å². The molecule has 0 aliphatic heterocycles. The summed E-state index contributed by atoms with van der Waals surface area (Å²) >= 11 is 3.00. The topological polar surface area (TPSA) is 83.6 Å². The molecule has 0 saturated heterocycles. The van der Waals surface area contributed by atoms with Crippen LogP contribution in [0.5, 0.6) is 0 Å². The van der Waals surface area contributed by atoms with E-state index in [0.29, 0.717) is 4.47 Å². The van der Waals surface area contributed by atoms with Crippen LogP contribution in [0.4, 0.5) is 10.1 Å². The van der Waals surface area contributed by atoms with Gasteiger partial charge in [-0.15, -0.1) is 0 Å². The number of anilines is 1. The van der Waals surface area contributed by atoms with Gasteiger partial charge in [0.1, 0.15) is 10.7 Å². The molecule has 1 rings (SSSR count). The van der Waals surface area contributed by atoms with Crippen molar-refractivity contribution in [3.8, 4) is 0 Å². The Hall–Kier alpha value is -0.700. The van der Waals surface area contributed by atoms with E-state index < -0.39 is 20.7 Å². The molecule has 0 saturated carbocycles. The number of nitrogens with two attached hydrogens (primary N) is 1. The van der Waals surface area contributed by atoms with Crippen LogP contribution in [0.2, 0.25) is 0 Å². The van der Waals surface area contributed by atoms with Gasteiger partial charge < -0.3 is 10.8 Å². The summed E-state index contributed by atoms with van der Waals surface area (Å²) in [7, 11) is -2.72. The van der Waals surface area contributed by atoms with E-state index in [0.717, 1.165) is 16.4 Å². The standard InChI is InChI=1S/C9H12BrFN2O3S/c1-13(2-3-14)17(15,16)9-5-8(12)6(10)4-7(9)11/h4-5,14H,2-3,12H2,1H3. The third-order valence-electron chi connectivity index (χ3n) is 2.15. The first-order valence-corrected chi connectivity index (χ1v) is 6.85. The van der Waals surface area contributed by atoms with Gasteiger partial charge in [0.15, 0.2) is 0 Å². The van der Waals surface area contributed by atoms with Crippen LogP contribution in [0, 0.1) is 5.82 Å². The first kappa shape index (κ1) is 14.4. The molecule has 17 heavy (non-hydrogen) atoms. The lowest BCUT2D eigenvalue weighted by Crippen LogP contribution is -2.30. The number of nitrogens with zero attached hydrogens (tertiary/aromatic N) is 1. The number of hydrogen-bond donors (Lipinski definition) is 2. The lowest BCUT2D eigenvalue weighted by atomic mass is 10.3. The summed E-state index contributed by atoms with van der Waals surface area (Å²) < 4.78 is 38.5. The lowest BCUT2D eigenvalue weighted by molar-refractivity contribution is 0.266. The Morgan fingerprint density at radius 1 is 1.53 bits per heavy atom. The molecule has 0 heterocycles. The highest BCUT2D eigenvalue weighted by Gasteiger charge is 2.25. The molecule has 0 unspecified atom stereocenters. The minimum Gasteiger partial charge on any atom is -0.398 e. The average molecular weight is 327 g/mol. The van der Waals surface area contributed by atoms with Crippen LogP contribution in [0.3, 0.4) is 0 Å². The van der Waals surface area contributed by atoms with Crippen LogP contribution < -0.4 is 5.73 Å². The minimum absolute atomic E-state index is 0.113. The van der Waals surface area contributed by atoms with Gasteiger partial charge in [0.25, 0.3) is 0 Å². The van der Waals surface area contributed by atoms with Crippen molar-refractivity contribution in [2.24, 2.45) is 0 Å². The van der Waals surface area contributed by atoms with Gasteiger partial charge in [0.05, 0.1) is 6.61 Å². The Morgan fingerprint density at radius 3 is 2.65 bits per heavy atom. The van der Waals surface area contributed by atoms with Crippen molar-refractivity contribution < 1.29 is 17.9 Å². The largest absolute Gasteiger partial charge is 0.398 e. The van der Waals surface area contributed by atoms with Gasteiger partial charge >= 0.3 is 0 Å². The van der Waals surface area contributed by atoms with Gasteiger partial charge in [-0.05, 0) is 28.1 Å². The Bertz CT molecular complexity index is 521. The number of hydrogen-bond acceptors (Lipinski definition) is 4. The van der Waals surface area contributed by atoms with E-state index in [1.54, 1.807) is 0 Å². The lowest BCUT2D eigenvalue weighted by Gasteiger charge is -2.16. The monoisotopic (exact) mass is 326 g/mol. The van der Waals surface area contributed by atoms with Gasteiger partial charge in [-0.1, -0.05) is 0 Å². The molecule has 0 fully saturated rings. The van der Waals surface area contributed by atoms with Gasteiger partial charge in [-0.2, -0.15) is 4.31 Å². The van der Waals surface area contributed by atoms with Crippen molar-refractivity contribution in [3.05, 3.63) is 22.4 Å². The Labute approximate surface area is 107 Å². The highest BCUT2D eigenvalue weighted by atomic mass is 79.9. The second-order valence-corrected chi connectivity index (χ2v) is 6.22. The van der Waals surface area contributed by atoms with Gasteiger partial charge in [-0.25, -0.2) is 12.8 Å². The average Bonchev–Trinajstić information content (AvgIpc) is 2.23. The molecule has 0 bridgehead atoms. The van der Waals surface area contributed by atoms with Crippen molar-refractivity contribution >= 4 is 31.6 Å². The normalized spacial score (nSPS) is 12.1. The second kappa shape index (κ2) is 5.30. The number of aliphatic hydroxyl groups excluding tert-OH is 1. The van der Waals surface area contributed by atoms with E-state index in [2.05, 4.69) is 15.9 Å². The van der Waals surface area contributed by atoms with Gasteiger partial charge in [-0.3, -0.25) is 0 Å². The van der Waals surface area contributed by atoms with Crippen LogP contribution in [0.1, 0.15) is 0 Å². The number of rotatable bonds is 4. The first-order valence-electron chi connectivity index (χ1n) is 4.62. The molecule has 0 atom stereocenters. The van der Waals surface area contributed by atoms with E-state index in [-0.39, 0.29) is 18.8 Å². The molecule has 3 N–H and O–H groups in total. The smallest absolute Gasteiger partial charge is 0.245 e. The summed E-state index contributed by atoms with van der Waals surface area (Å²) in [6, 6.07) is 2.04. The van der Waals surface area contributed by atoms with Crippen LogP contribution >= 0.6 is 15.9 Å². The minimum atomic E-state index is -3.97. The molecule has 1 aromatic rings. The molecule has 0 aliphatic carbocycles. The highest BCUT2D eigenvalue weighted by molar-refractivity contribution is 9.10. The molecule has 8 heteroatoms. The van der Waals surface area contributed by atoms with E-state index in [9.17, 15) is 12.8 Å². The third kappa shape index (κ3) is 2.95. The Morgan fingerprint density at radius 2 is 2.12 bits per heavy atom. The molecule has 5 nitrogen and oxygen atoms in total. The van der Waals surface area contributed by atoms with E-state index >= 15 is 0 Å². The number of aliphatic hydroxyl groups is 1. The van der Waals surface area contributed by atoms with E-state index in [1.165, 1.54) is 7.05 Å². The maximum Gasteiger partial charge on any atom is 0.245 e. The molecule has 0 aromatic heterocycles. The van der Waals surface area contributed by atoms with Gasteiger partial charge in [0.2, 0.25) is 10.0 Å². The zero-order valence-electron chi connectivity index (χ0n) is 9.02. The molecular weight excluding hydrogens is 315 g/mol. The predicted octanol–water partition coefficient (Wildman–Crippen LogP) is 0.783. The van der Waals surface area contributed by atoms with Crippen molar-refractivity contribution in [3.63, 3.8) is 0 Å². The second-order valence-electron chi connectivity index (χ2n) is 3.35.